The van der Waals surface area contributed by atoms with E-state index in [-0.39, 0.29) is 24.1 Å². The zero-order chi connectivity index (χ0) is 23.8. The van der Waals surface area contributed by atoms with E-state index in [0.29, 0.717) is 16.1 Å². The topological polar surface area (TPSA) is 57.6 Å². The molecule has 0 spiro atoms. The molecule has 0 bridgehead atoms. The first-order valence-electron chi connectivity index (χ1n) is 9.88. The first-order chi connectivity index (χ1) is 15.6. The highest BCUT2D eigenvalue weighted by Gasteiger charge is 2.37. The summed E-state index contributed by atoms with van der Waals surface area (Å²) in [7, 11) is 0. The lowest BCUT2D eigenvalue weighted by atomic mass is 10.0. The lowest BCUT2D eigenvalue weighted by Gasteiger charge is -2.34. The van der Waals surface area contributed by atoms with Crippen LogP contribution in [0.25, 0.3) is 0 Å². The van der Waals surface area contributed by atoms with Gasteiger partial charge in [0.25, 0.3) is 0 Å². The first-order valence-corrected chi connectivity index (χ1v) is 10.8. The lowest BCUT2D eigenvalue weighted by Crippen LogP contribution is -2.41. The van der Waals surface area contributed by atoms with E-state index in [1.54, 1.807) is 12.1 Å². The van der Waals surface area contributed by atoms with E-state index in [1.807, 2.05) is 0 Å². The number of halogens is 4. The molecule has 0 saturated carbocycles. The molecule has 1 heterocycles. The van der Waals surface area contributed by atoms with Crippen LogP contribution < -0.4 is 4.90 Å². The van der Waals surface area contributed by atoms with E-state index in [4.69, 9.17) is 5.11 Å². The quantitative estimate of drug-likeness (QED) is 0.475. The molecule has 1 aliphatic heterocycles. The standard InChI is InChI=1S/C24H17F4NO3S/c25-17-9-10-19-20(12-17)33-21(11-14-5-7-15(8-6-14)23(31)32)22(30)29(19)13-16-3-1-2-4-18(16)24(26,27)28/h1-10,12,21H,11,13H2,(H,31,32). The average molecular weight is 475 g/mol. The Morgan fingerprint density at radius 1 is 1.03 bits per heavy atom. The fraction of sp³-hybridized carbons (Fsp3) is 0.167. The van der Waals surface area contributed by atoms with Crippen molar-refractivity contribution in [3.63, 3.8) is 0 Å². The van der Waals surface area contributed by atoms with Gasteiger partial charge in [0.05, 0.1) is 28.6 Å². The van der Waals surface area contributed by atoms with Gasteiger partial charge in [0, 0.05) is 4.90 Å². The molecule has 0 radical (unpaired) electrons. The van der Waals surface area contributed by atoms with E-state index >= 15 is 0 Å². The number of fused-ring (bicyclic) bond motifs is 1. The molecule has 1 N–H and O–H groups in total. The van der Waals surface area contributed by atoms with Crippen LogP contribution in [0.3, 0.4) is 0 Å². The molecule has 0 fully saturated rings. The predicted octanol–water partition coefficient (Wildman–Crippen LogP) is 5.79. The highest BCUT2D eigenvalue weighted by atomic mass is 32.2. The molecular formula is C24H17F4NO3S. The van der Waals surface area contributed by atoms with E-state index in [9.17, 15) is 27.2 Å². The maximum atomic E-state index is 13.9. The average Bonchev–Trinajstić information content (AvgIpc) is 2.76. The van der Waals surface area contributed by atoms with Crippen molar-refractivity contribution < 1.29 is 32.3 Å². The number of nitrogens with zero attached hydrogens (tertiary/aromatic N) is 1. The fourth-order valence-electron chi connectivity index (χ4n) is 3.70. The number of carboxylic acid groups (broad SMARTS) is 1. The summed E-state index contributed by atoms with van der Waals surface area (Å²) in [4.78, 5) is 26.1. The minimum absolute atomic E-state index is 0.0647. The van der Waals surface area contributed by atoms with Gasteiger partial charge in [0.15, 0.2) is 0 Å². The third-order valence-electron chi connectivity index (χ3n) is 5.30. The van der Waals surface area contributed by atoms with Crippen molar-refractivity contribution in [1.29, 1.82) is 0 Å². The summed E-state index contributed by atoms with van der Waals surface area (Å²) < 4.78 is 54.4. The van der Waals surface area contributed by atoms with E-state index in [1.165, 1.54) is 53.4 Å². The van der Waals surface area contributed by atoms with Crippen molar-refractivity contribution in [3.05, 3.63) is 94.8 Å². The van der Waals surface area contributed by atoms with Crippen LogP contribution in [-0.2, 0) is 23.9 Å². The van der Waals surface area contributed by atoms with Crippen LogP contribution in [0.2, 0.25) is 0 Å². The number of hydrogen-bond donors (Lipinski definition) is 1. The van der Waals surface area contributed by atoms with Gasteiger partial charge in [0.1, 0.15) is 5.82 Å². The molecule has 0 aromatic heterocycles. The maximum Gasteiger partial charge on any atom is 0.416 e. The van der Waals surface area contributed by atoms with Gasteiger partial charge in [0.2, 0.25) is 5.91 Å². The van der Waals surface area contributed by atoms with Crippen molar-refractivity contribution in [2.75, 3.05) is 4.90 Å². The summed E-state index contributed by atoms with van der Waals surface area (Å²) in [5.41, 5.74) is 0.229. The molecule has 4 rings (SSSR count). The Morgan fingerprint density at radius 3 is 2.39 bits per heavy atom. The number of rotatable bonds is 5. The van der Waals surface area contributed by atoms with Crippen LogP contribution in [0.5, 0.6) is 0 Å². The number of amides is 1. The second-order valence-electron chi connectivity index (χ2n) is 7.50. The van der Waals surface area contributed by atoms with Gasteiger partial charge in [-0.05, 0) is 53.9 Å². The van der Waals surface area contributed by atoms with Crippen LogP contribution >= 0.6 is 11.8 Å². The number of benzene rings is 3. The van der Waals surface area contributed by atoms with Crippen molar-refractivity contribution in [1.82, 2.24) is 0 Å². The molecule has 0 saturated heterocycles. The Kier molecular flexibility index (Phi) is 6.16. The summed E-state index contributed by atoms with van der Waals surface area (Å²) in [6.07, 6.45) is -4.38. The minimum Gasteiger partial charge on any atom is -0.478 e. The van der Waals surface area contributed by atoms with Crippen molar-refractivity contribution in [2.45, 2.75) is 29.3 Å². The number of anilines is 1. The summed E-state index contributed by atoms with van der Waals surface area (Å²) in [5, 5.41) is 8.33. The minimum atomic E-state index is -4.58. The van der Waals surface area contributed by atoms with E-state index in [2.05, 4.69) is 0 Å². The van der Waals surface area contributed by atoms with Gasteiger partial charge >= 0.3 is 12.1 Å². The molecule has 3 aromatic rings. The Bertz CT molecular complexity index is 1210. The highest BCUT2D eigenvalue weighted by molar-refractivity contribution is 8.01. The smallest absolute Gasteiger partial charge is 0.416 e. The number of carboxylic acids is 1. The second-order valence-corrected chi connectivity index (χ2v) is 8.75. The SMILES string of the molecule is O=C(O)c1ccc(CC2Sc3cc(F)ccc3N(Cc3ccccc3C(F)(F)F)C2=O)cc1. The van der Waals surface area contributed by atoms with E-state index < -0.39 is 34.7 Å². The number of aromatic carboxylic acids is 1. The molecule has 1 atom stereocenters. The van der Waals surface area contributed by atoms with Gasteiger partial charge in [-0.15, -0.1) is 11.8 Å². The molecule has 170 valence electrons. The second kappa shape index (κ2) is 8.90. The van der Waals surface area contributed by atoms with Crippen LogP contribution in [-0.4, -0.2) is 22.2 Å². The van der Waals surface area contributed by atoms with Gasteiger partial charge in [-0.3, -0.25) is 4.79 Å². The number of hydrogen-bond acceptors (Lipinski definition) is 3. The maximum absolute atomic E-state index is 13.9. The molecule has 9 heteroatoms. The Hall–Kier alpha value is -3.33. The van der Waals surface area contributed by atoms with Gasteiger partial charge < -0.3 is 10.0 Å². The third kappa shape index (κ3) is 4.88. The van der Waals surface area contributed by atoms with Crippen LogP contribution in [0.1, 0.15) is 27.0 Å². The van der Waals surface area contributed by atoms with Gasteiger partial charge in [-0.1, -0.05) is 30.3 Å². The van der Waals surface area contributed by atoms with Gasteiger partial charge in [-0.25, -0.2) is 9.18 Å². The van der Waals surface area contributed by atoms with E-state index in [0.717, 1.165) is 17.8 Å². The zero-order valence-electron chi connectivity index (χ0n) is 17.0. The molecule has 1 aliphatic rings. The van der Waals surface area contributed by atoms with Crippen molar-refractivity contribution in [2.24, 2.45) is 0 Å². The lowest BCUT2D eigenvalue weighted by molar-refractivity contribution is -0.138. The van der Waals surface area contributed by atoms with Gasteiger partial charge in [-0.2, -0.15) is 13.2 Å². The molecule has 0 aliphatic carbocycles. The van der Waals surface area contributed by atoms with Crippen LogP contribution in [0.15, 0.2) is 71.6 Å². The molecule has 4 nitrogen and oxygen atoms in total. The Balaban J connectivity index is 1.68. The summed E-state index contributed by atoms with van der Waals surface area (Å²) in [6.45, 7) is -0.317. The normalized spacial score (nSPS) is 15.9. The third-order valence-corrected chi connectivity index (χ3v) is 6.53. The fourth-order valence-corrected chi connectivity index (χ4v) is 4.99. The molecule has 3 aromatic carbocycles. The van der Waals surface area contributed by atoms with Crippen molar-refractivity contribution >= 4 is 29.3 Å². The number of carbonyl (C=O) groups is 2. The summed E-state index contributed by atoms with van der Waals surface area (Å²) in [6, 6.07) is 14.9. The van der Waals surface area contributed by atoms with Crippen LogP contribution in [0, 0.1) is 5.82 Å². The van der Waals surface area contributed by atoms with Crippen molar-refractivity contribution in [3.8, 4) is 0 Å². The van der Waals surface area contributed by atoms with Crippen LogP contribution in [0.4, 0.5) is 23.2 Å². The number of thioether (sulfide) groups is 1. The molecule has 33 heavy (non-hydrogen) atoms. The number of alkyl halides is 3. The Labute approximate surface area is 190 Å². The monoisotopic (exact) mass is 475 g/mol. The first kappa shape index (κ1) is 22.8. The molecule has 1 unspecified atom stereocenters. The Morgan fingerprint density at radius 2 is 1.73 bits per heavy atom. The molecule has 1 amide bonds. The summed E-state index contributed by atoms with van der Waals surface area (Å²) in [5.74, 6) is -2.00. The summed E-state index contributed by atoms with van der Waals surface area (Å²) >= 11 is 1.14. The number of carbonyl (C=O) groups excluding carboxylic acids is 1. The zero-order valence-corrected chi connectivity index (χ0v) is 17.8. The largest absolute Gasteiger partial charge is 0.478 e. The predicted molar refractivity (Wildman–Crippen MR) is 116 cm³/mol. The highest BCUT2D eigenvalue weighted by Crippen LogP contribution is 2.42. The molecular weight excluding hydrogens is 458 g/mol.